The van der Waals surface area contributed by atoms with E-state index in [1.807, 2.05) is 41.8 Å². The van der Waals surface area contributed by atoms with Crippen molar-refractivity contribution >= 4 is 27.1 Å². The molecule has 1 fully saturated rings. The van der Waals surface area contributed by atoms with Crippen molar-refractivity contribution in [3.63, 3.8) is 0 Å². The van der Waals surface area contributed by atoms with Crippen LogP contribution in [0.3, 0.4) is 0 Å². The van der Waals surface area contributed by atoms with E-state index >= 15 is 0 Å². The minimum absolute atomic E-state index is 0.0125. The minimum atomic E-state index is -3.13. The third-order valence-electron chi connectivity index (χ3n) is 5.19. The molecule has 0 N–H and O–H groups in total. The molecule has 1 atom stereocenters. The summed E-state index contributed by atoms with van der Waals surface area (Å²) in [4.78, 5) is 15.8. The number of carbonyl (C=O) groups excluding carboxylic acids is 1. The van der Waals surface area contributed by atoms with Gasteiger partial charge in [0, 0.05) is 18.7 Å². The number of rotatable bonds is 6. The maximum absolute atomic E-state index is 13.3. The molecule has 0 bridgehead atoms. The van der Waals surface area contributed by atoms with Gasteiger partial charge in [-0.25, -0.2) is 8.42 Å². The molecule has 0 radical (unpaired) electrons. The fourth-order valence-electron chi connectivity index (χ4n) is 3.52. The van der Waals surface area contributed by atoms with Gasteiger partial charge in [-0.1, -0.05) is 42.4 Å². The number of sulfone groups is 1. The minimum Gasteiger partial charge on any atom is -0.355 e. The molecule has 3 aromatic rings. The molecule has 1 aromatic carbocycles. The van der Waals surface area contributed by atoms with Crippen molar-refractivity contribution in [3.05, 3.63) is 64.7 Å². The van der Waals surface area contributed by atoms with Crippen LogP contribution in [0.5, 0.6) is 0 Å². The number of hydrogen-bond acceptors (Lipinski definition) is 6. The Kier molecular flexibility index (Phi) is 5.56. The van der Waals surface area contributed by atoms with Gasteiger partial charge in [-0.3, -0.25) is 4.79 Å². The Morgan fingerprint density at radius 1 is 1.24 bits per heavy atom. The summed E-state index contributed by atoms with van der Waals surface area (Å²) in [5, 5.41) is 5.89. The number of nitrogens with zero attached hydrogens (tertiary/aromatic N) is 2. The second-order valence-electron chi connectivity index (χ2n) is 7.21. The highest BCUT2D eigenvalue weighted by Crippen LogP contribution is 2.27. The number of carbonyl (C=O) groups is 1. The fraction of sp³-hybridized carbons (Fsp3) is 0.333. The fourth-order valence-corrected chi connectivity index (χ4v) is 5.93. The second kappa shape index (κ2) is 8.12. The third kappa shape index (κ3) is 4.43. The predicted octanol–water partition coefficient (Wildman–Crippen LogP) is 3.80. The molecule has 0 saturated carbocycles. The van der Waals surface area contributed by atoms with Crippen LogP contribution in [-0.2, 0) is 22.8 Å². The van der Waals surface area contributed by atoms with Gasteiger partial charge in [0.1, 0.15) is 0 Å². The summed E-state index contributed by atoms with van der Waals surface area (Å²) in [6.45, 7) is 2.42. The lowest BCUT2D eigenvalue weighted by Crippen LogP contribution is -2.40. The van der Waals surface area contributed by atoms with Crippen molar-refractivity contribution in [2.75, 3.05) is 11.5 Å². The molecule has 1 saturated heterocycles. The van der Waals surface area contributed by atoms with Gasteiger partial charge in [0.2, 0.25) is 0 Å². The Hall–Kier alpha value is -2.45. The molecule has 152 valence electrons. The van der Waals surface area contributed by atoms with Crippen LogP contribution in [0.1, 0.15) is 35.0 Å². The van der Waals surface area contributed by atoms with Gasteiger partial charge in [-0.15, -0.1) is 11.3 Å². The molecule has 1 amide bonds. The number of thiophene rings is 1. The molecule has 4 rings (SSSR count). The zero-order valence-electron chi connectivity index (χ0n) is 16.1. The zero-order chi connectivity index (χ0) is 20.4. The van der Waals surface area contributed by atoms with Gasteiger partial charge in [0.15, 0.2) is 21.3 Å². The number of aromatic nitrogens is 1. The van der Waals surface area contributed by atoms with Gasteiger partial charge in [-0.05, 0) is 35.4 Å². The Morgan fingerprint density at radius 2 is 2.00 bits per heavy atom. The number of benzene rings is 1. The molecule has 3 heterocycles. The standard InChI is InChI=1S/C21H22N2O4S2/c1-2-15-5-7-16(8-6-15)13-23(17-9-11-29(25,26)14-17)21(24)18-12-19(27-22-18)20-4-3-10-28-20/h3-8,10,12,17H,2,9,11,13-14H2,1H3. The summed E-state index contributed by atoms with van der Waals surface area (Å²) in [6, 6.07) is 13.1. The van der Waals surface area contributed by atoms with Crippen molar-refractivity contribution in [2.45, 2.75) is 32.4 Å². The first-order chi connectivity index (χ1) is 13.9. The highest BCUT2D eigenvalue weighted by atomic mass is 32.2. The van der Waals surface area contributed by atoms with Crippen LogP contribution in [0.25, 0.3) is 10.6 Å². The highest BCUT2D eigenvalue weighted by molar-refractivity contribution is 7.91. The van der Waals surface area contributed by atoms with Crippen LogP contribution >= 0.6 is 11.3 Å². The summed E-state index contributed by atoms with van der Waals surface area (Å²) in [5.41, 5.74) is 2.37. The first-order valence-electron chi connectivity index (χ1n) is 9.55. The van der Waals surface area contributed by atoms with Crippen molar-refractivity contribution in [1.29, 1.82) is 0 Å². The molecular formula is C21H22N2O4S2. The first-order valence-corrected chi connectivity index (χ1v) is 12.2. The maximum atomic E-state index is 13.3. The average molecular weight is 431 g/mol. The van der Waals surface area contributed by atoms with E-state index in [0.29, 0.717) is 18.7 Å². The van der Waals surface area contributed by atoms with E-state index in [-0.39, 0.29) is 29.1 Å². The second-order valence-corrected chi connectivity index (χ2v) is 10.4. The lowest BCUT2D eigenvalue weighted by atomic mass is 10.1. The smallest absolute Gasteiger partial charge is 0.276 e. The van der Waals surface area contributed by atoms with Crippen molar-refractivity contribution in [3.8, 4) is 10.6 Å². The summed E-state index contributed by atoms with van der Waals surface area (Å²) < 4.78 is 29.4. The Morgan fingerprint density at radius 3 is 2.62 bits per heavy atom. The molecule has 1 unspecified atom stereocenters. The average Bonchev–Trinajstić information content (AvgIpc) is 3.46. The van der Waals surface area contributed by atoms with Gasteiger partial charge in [0.25, 0.3) is 5.91 Å². The molecule has 8 heteroatoms. The van der Waals surface area contributed by atoms with Crippen LogP contribution in [0.2, 0.25) is 0 Å². The van der Waals surface area contributed by atoms with E-state index in [9.17, 15) is 13.2 Å². The Balaban J connectivity index is 1.61. The molecule has 1 aliphatic heterocycles. The van der Waals surface area contributed by atoms with E-state index in [1.54, 1.807) is 11.0 Å². The predicted molar refractivity (Wildman–Crippen MR) is 113 cm³/mol. The van der Waals surface area contributed by atoms with E-state index in [4.69, 9.17) is 4.52 Å². The van der Waals surface area contributed by atoms with Crippen LogP contribution in [0.4, 0.5) is 0 Å². The molecule has 1 aliphatic rings. The van der Waals surface area contributed by atoms with Gasteiger partial charge >= 0.3 is 0 Å². The molecule has 6 nitrogen and oxygen atoms in total. The summed E-state index contributed by atoms with van der Waals surface area (Å²) in [5.74, 6) is 0.324. The topological polar surface area (TPSA) is 80.5 Å². The quantitative estimate of drug-likeness (QED) is 0.594. The van der Waals surface area contributed by atoms with Gasteiger partial charge in [-0.2, -0.15) is 0 Å². The molecule has 0 spiro atoms. The monoisotopic (exact) mass is 430 g/mol. The van der Waals surface area contributed by atoms with Crippen LogP contribution < -0.4 is 0 Å². The van der Waals surface area contributed by atoms with E-state index < -0.39 is 9.84 Å². The van der Waals surface area contributed by atoms with Crippen LogP contribution in [-0.4, -0.2) is 41.9 Å². The Bertz CT molecular complexity index is 1090. The van der Waals surface area contributed by atoms with Gasteiger partial charge < -0.3 is 9.42 Å². The summed E-state index contributed by atoms with van der Waals surface area (Å²) >= 11 is 1.50. The molecular weight excluding hydrogens is 408 g/mol. The zero-order valence-corrected chi connectivity index (χ0v) is 17.7. The molecule has 2 aromatic heterocycles. The van der Waals surface area contributed by atoms with Gasteiger partial charge in [0.05, 0.1) is 16.4 Å². The van der Waals surface area contributed by atoms with Crippen molar-refractivity contribution < 1.29 is 17.7 Å². The van der Waals surface area contributed by atoms with E-state index in [0.717, 1.165) is 16.9 Å². The molecule has 29 heavy (non-hydrogen) atoms. The normalized spacial score (nSPS) is 18.0. The van der Waals surface area contributed by atoms with Crippen LogP contribution in [0, 0.1) is 0 Å². The largest absolute Gasteiger partial charge is 0.355 e. The van der Waals surface area contributed by atoms with E-state index in [2.05, 4.69) is 12.1 Å². The third-order valence-corrected chi connectivity index (χ3v) is 7.82. The highest BCUT2D eigenvalue weighted by Gasteiger charge is 2.36. The molecule has 0 aliphatic carbocycles. The van der Waals surface area contributed by atoms with Crippen molar-refractivity contribution in [2.24, 2.45) is 0 Å². The number of hydrogen-bond donors (Lipinski definition) is 0. The number of amides is 1. The maximum Gasteiger partial charge on any atom is 0.276 e. The van der Waals surface area contributed by atoms with Crippen LogP contribution in [0.15, 0.2) is 52.4 Å². The SMILES string of the molecule is CCc1ccc(CN(C(=O)c2cc(-c3cccs3)on2)C2CCS(=O)(=O)C2)cc1. The van der Waals surface area contributed by atoms with Crippen molar-refractivity contribution in [1.82, 2.24) is 10.1 Å². The lowest BCUT2D eigenvalue weighted by Gasteiger charge is -2.27. The van der Waals surface area contributed by atoms with E-state index in [1.165, 1.54) is 16.9 Å². The lowest BCUT2D eigenvalue weighted by molar-refractivity contribution is 0.0670. The Labute approximate surface area is 174 Å². The number of aryl methyl sites for hydroxylation is 1. The summed E-state index contributed by atoms with van der Waals surface area (Å²) in [6.07, 6.45) is 1.38. The first kappa shape index (κ1) is 19.8. The summed E-state index contributed by atoms with van der Waals surface area (Å²) in [7, 11) is -3.13.